The van der Waals surface area contributed by atoms with Gasteiger partial charge in [0.2, 0.25) is 0 Å². The molecule has 0 radical (unpaired) electrons. The zero-order chi connectivity index (χ0) is 23.0. The van der Waals surface area contributed by atoms with Gasteiger partial charge in [-0.1, -0.05) is 0 Å². The van der Waals surface area contributed by atoms with Crippen molar-refractivity contribution in [2.75, 3.05) is 40.5 Å². The summed E-state index contributed by atoms with van der Waals surface area (Å²) in [4.78, 5) is 15.2. The number of imidazole rings is 1. The summed E-state index contributed by atoms with van der Waals surface area (Å²) in [6.45, 7) is 2.99. The first-order valence-electron chi connectivity index (χ1n) is 11.6. The average molecular weight is 452 g/mol. The molecule has 1 heterocycles. The first-order valence-corrected chi connectivity index (χ1v) is 11.6. The van der Waals surface area contributed by atoms with Gasteiger partial charge in [0.15, 0.2) is 0 Å². The summed E-state index contributed by atoms with van der Waals surface area (Å²) in [6, 6.07) is 15.3. The molecule has 1 aromatic heterocycles. The second kappa shape index (κ2) is 11.2. The maximum absolute atomic E-state index is 13.0. The Bertz CT molecular complexity index is 1050. The van der Waals surface area contributed by atoms with Crippen molar-refractivity contribution in [3.63, 3.8) is 0 Å². The molecular formula is C26H33N3O4. The number of methoxy groups -OCH3 is 1. The van der Waals surface area contributed by atoms with Crippen LogP contribution in [-0.4, -0.2) is 60.6 Å². The van der Waals surface area contributed by atoms with Crippen LogP contribution in [0.5, 0.6) is 11.5 Å². The van der Waals surface area contributed by atoms with Crippen LogP contribution in [0.1, 0.15) is 25.7 Å². The largest absolute Gasteiger partial charge is 0.492 e. The molecule has 0 saturated heterocycles. The van der Waals surface area contributed by atoms with Crippen molar-refractivity contribution in [2.45, 2.75) is 31.8 Å². The SMILES string of the molecule is COCCN(C)CCOc1ccc(-n2ccn(-c3ccc(OC4CCCC4)cc3)c2=O)cc1. The molecule has 0 unspecified atom stereocenters. The van der Waals surface area contributed by atoms with Crippen molar-refractivity contribution in [2.24, 2.45) is 0 Å². The standard InChI is InChI=1S/C26H33N3O4/c1-27(17-19-31-2)18-20-32-23-11-7-21(8-12-23)28-15-16-29(26(28)30)22-9-13-25(14-10-22)33-24-5-3-4-6-24/h7-16,24H,3-6,17-20H2,1-2H3. The van der Waals surface area contributed by atoms with Crippen LogP contribution in [0.4, 0.5) is 0 Å². The van der Waals surface area contributed by atoms with Gasteiger partial charge in [0.05, 0.1) is 24.1 Å². The highest BCUT2D eigenvalue weighted by atomic mass is 16.5. The van der Waals surface area contributed by atoms with E-state index in [9.17, 15) is 4.79 Å². The van der Waals surface area contributed by atoms with Gasteiger partial charge >= 0.3 is 5.69 Å². The topological polar surface area (TPSA) is 57.9 Å². The number of nitrogens with zero attached hydrogens (tertiary/aromatic N) is 3. The van der Waals surface area contributed by atoms with E-state index in [1.54, 1.807) is 28.6 Å². The van der Waals surface area contributed by atoms with Crippen LogP contribution in [0.2, 0.25) is 0 Å². The van der Waals surface area contributed by atoms with Crippen LogP contribution in [0.3, 0.4) is 0 Å². The van der Waals surface area contributed by atoms with Gasteiger partial charge in [0, 0.05) is 32.6 Å². The first-order chi connectivity index (χ1) is 16.1. The lowest BCUT2D eigenvalue weighted by atomic mass is 10.2. The van der Waals surface area contributed by atoms with E-state index in [1.165, 1.54) is 12.8 Å². The summed E-state index contributed by atoms with van der Waals surface area (Å²) in [5, 5.41) is 0. The number of benzene rings is 2. The molecule has 1 aliphatic rings. The Hall–Kier alpha value is -3.03. The second-order valence-electron chi connectivity index (χ2n) is 8.48. The minimum atomic E-state index is -0.118. The Labute approximate surface area is 195 Å². The van der Waals surface area contributed by atoms with E-state index in [2.05, 4.69) is 4.90 Å². The van der Waals surface area contributed by atoms with Crippen LogP contribution < -0.4 is 15.2 Å². The quantitative estimate of drug-likeness (QED) is 0.443. The van der Waals surface area contributed by atoms with E-state index < -0.39 is 0 Å². The van der Waals surface area contributed by atoms with Crippen LogP contribution in [0, 0.1) is 0 Å². The first kappa shape index (κ1) is 23.1. The van der Waals surface area contributed by atoms with Crippen molar-refractivity contribution in [1.29, 1.82) is 0 Å². The van der Waals surface area contributed by atoms with Crippen molar-refractivity contribution in [3.05, 3.63) is 71.4 Å². The zero-order valence-corrected chi connectivity index (χ0v) is 19.5. The third kappa shape index (κ3) is 6.06. The van der Waals surface area contributed by atoms with Crippen LogP contribution in [-0.2, 0) is 4.74 Å². The predicted molar refractivity (Wildman–Crippen MR) is 129 cm³/mol. The number of hydrogen-bond donors (Lipinski definition) is 0. The normalized spacial score (nSPS) is 14.2. The van der Waals surface area contributed by atoms with E-state index in [0.717, 1.165) is 48.8 Å². The average Bonchev–Trinajstić information content (AvgIpc) is 3.48. The predicted octanol–water partition coefficient (Wildman–Crippen LogP) is 3.91. The Morgan fingerprint density at radius 3 is 1.97 bits per heavy atom. The third-order valence-corrected chi connectivity index (χ3v) is 6.03. The van der Waals surface area contributed by atoms with Gasteiger partial charge in [0.25, 0.3) is 0 Å². The number of likely N-dealkylation sites (N-methyl/N-ethyl adjacent to an activating group) is 1. The number of rotatable bonds is 11. The lowest BCUT2D eigenvalue weighted by Gasteiger charge is -2.16. The molecule has 0 N–H and O–H groups in total. The molecule has 1 saturated carbocycles. The number of ether oxygens (including phenoxy) is 3. The fraction of sp³-hybridized carbons (Fsp3) is 0.423. The smallest absolute Gasteiger partial charge is 0.337 e. The monoisotopic (exact) mass is 451 g/mol. The molecule has 7 heteroatoms. The maximum Gasteiger partial charge on any atom is 0.337 e. The van der Waals surface area contributed by atoms with Gasteiger partial charge in [-0.2, -0.15) is 0 Å². The molecule has 0 atom stereocenters. The van der Waals surface area contributed by atoms with E-state index in [0.29, 0.717) is 19.3 Å². The summed E-state index contributed by atoms with van der Waals surface area (Å²) in [5.74, 6) is 1.64. The molecular weight excluding hydrogens is 418 g/mol. The van der Waals surface area contributed by atoms with Gasteiger partial charge < -0.3 is 19.1 Å². The van der Waals surface area contributed by atoms with Crippen LogP contribution >= 0.6 is 0 Å². The molecule has 4 rings (SSSR count). The highest BCUT2D eigenvalue weighted by Gasteiger charge is 2.16. The fourth-order valence-electron chi connectivity index (χ4n) is 4.04. The number of hydrogen-bond acceptors (Lipinski definition) is 5. The van der Waals surface area contributed by atoms with Crippen LogP contribution in [0.15, 0.2) is 65.7 Å². The van der Waals surface area contributed by atoms with Crippen molar-refractivity contribution in [3.8, 4) is 22.9 Å². The molecule has 1 aliphatic carbocycles. The summed E-state index contributed by atoms with van der Waals surface area (Å²) in [7, 11) is 3.74. The summed E-state index contributed by atoms with van der Waals surface area (Å²) in [6.07, 6.45) is 8.62. The van der Waals surface area contributed by atoms with Crippen molar-refractivity contribution >= 4 is 0 Å². The molecule has 2 aromatic carbocycles. The summed E-state index contributed by atoms with van der Waals surface area (Å²) < 4.78 is 20.2. The Balaban J connectivity index is 1.36. The van der Waals surface area contributed by atoms with E-state index >= 15 is 0 Å². The van der Waals surface area contributed by atoms with E-state index in [4.69, 9.17) is 14.2 Å². The molecule has 0 aliphatic heterocycles. The lowest BCUT2D eigenvalue weighted by Crippen LogP contribution is -2.27. The van der Waals surface area contributed by atoms with Crippen molar-refractivity contribution < 1.29 is 14.2 Å². The minimum absolute atomic E-state index is 0.118. The van der Waals surface area contributed by atoms with Gasteiger partial charge in [0.1, 0.15) is 18.1 Å². The molecule has 3 aromatic rings. The van der Waals surface area contributed by atoms with Gasteiger partial charge in [-0.15, -0.1) is 0 Å². The molecule has 0 spiro atoms. The van der Waals surface area contributed by atoms with E-state index in [-0.39, 0.29) is 5.69 Å². The Kier molecular flexibility index (Phi) is 7.86. The highest BCUT2D eigenvalue weighted by Crippen LogP contribution is 2.24. The van der Waals surface area contributed by atoms with Crippen molar-refractivity contribution in [1.82, 2.24) is 14.0 Å². The van der Waals surface area contributed by atoms with E-state index in [1.807, 2.05) is 55.6 Å². The number of aromatic nitrogens is 2. The Morgan fingerprint density at radius 2 is 1.39 bits per heavy atom. The Morgan fingerprint density at radius 1 is 0.848 bits per heavy atom. The maximum atomic E-state index is 13.0. The van der Waals surface area contributed by atoms with Gasteiger partial charge in [-0.05, 0) is 81.3 Å². The molecule has 0 amide bonds. The molecule has 33 heavy (non-hydrogen) atoms. The summed E-state index contributed by atoms with van der Waals surface area (Å²) >= 11 is 0. The van der Waals surface area contributed by atoms with Gasteiger partial charge in [-0.25, -0.2) is 4.79 Å². The zero-order valence-electron chi connectivity index (χ0n) is 19.5. The molecule has 7 nitrogen and oxygen atoms in total. The summed E-state index contributed by atoms with van der Waals surface area (Å²) in [5.41, 5.74) is 1.49. The molecule has 1 fully saturated rings. The van der Waals surface area contributed by atoms with Crippen LogP contribution in [0.25, 0.3) is 11.4 Å². The molecule has 176 valence electrons. The lowest BCUT2D eigenvalue weighted by molar-refractivity contribution is 0.150. The fourth-order valence-corrected chi connectivity index (χ4v) is 4.04. The highest BCUT2D eigenvalue weighted by molar-refractivity contribution is 5.40. The molecule has 0 bridgehead atoms. The third-order valence-electron chi connectivity index (χ3n) is 6.03. The minimum Gasteiger partial charge on any atom is -0.492 e. The second-order valence-corrected chi connectivity index (χ2v) is 8.48. The van der Waals surface area contributed by atoms with Gasteiger partial charge in [-0.3, -0.25) is 9.13 Å².